The average molecular weight is 264 g/mol. The Morgan fingerprint density at radius 3 is 2.39 bits per heavy atom. The number of amides is 1. The fourth-order valence-electron chi connectivity index (χ4n) is 1.81. The van der Waals surface area contributed by atoms with Gasteiger partial charge in [-0.15, -0.1) is 0 Å². The van der Waals surface area contributed by atoms with E-state index in [9.17, 15) is 4.79 Å². The highest BCUT2D eigenvalue weighted by Gasteiger charge is 2.22. The van der Waals surface area contributed by atoms with Crippen molar-refractivity contribution in [1.29, 1.82) is 0 Å². The second-order valence-corrected chi connectivity index (χ2v) is 5.01. The summed E-state index contributed by atoms with van der Waals surface area (Å²) in [6.07, 6.45) is 0.645. The molecule has 2 N–H and O–H groups in total. The van der Waals surface area contributed by atoms with Crippen LogP contribution in [0, 0.1) is 12.8 Å². The van der Waals surface area contributed by atoms with E-state index in [2.05, 4.69) is 0 Å². The lowest BCUT2D eigenvalue weighted by Gasteiger charge is -2.22. The molecule has 1 aromatic carbocycles. The van der Waals surface area contributed by atoms with E-state index in [0.29, 0.717) is 13.0 Å². The lowest BCUT2D eigenvalue weighted by Crippen LogP contribution is -2.38. The highest BCUT2D eigenvalue weighted by Crippen LogP contribution is 2.11. The Balaban J connectivity index is 2.70. The van der Waals surface area contributed by atoms with Crippen LogP contribution >= 0.6 is 12.2 Å². The summed E-state index contributed by atoms with van der Waals surface area (Å²) in [5, 5.41) is 0. The van der Waals surface area contributed by atoms with Crippen LogP contribution in [0.3, 0.4) is 0 Å². The fraction of sp³-hybridized carbons (Fsp3) is 0.429. The quantitative estimate of drug-likeness (QED) is 0.830. The first kappa shape index (κ1) is 14.6. The molecule has 0 aliphatic rings. The molecule has 0 heterocycles. The molecule has 4 heteroatoms. The van der Waals surface area contributed by atoms with Gasteiger partial charge in [-0.2, -0.15) is 0 Å². The van der Waals surface area contributed by atoms with Crippen LogP contribution in [0.25, 0.3) is 0 Å². The SMILES string of the molecule is CCC(C(=O)N(C)Cc1ccc(C)cc1)C(N)=S. The number of nitrogens with zero attached hydrogens (tertiary/aromatic N) is 1. The van der Waals surface area contributed by atoms with E-state index in [-0.39, 0.29) is 16.8 Å². The second-order valence-electron chi connectivity index (χ2n) is 4.54. The summed E-state index contributed by atoms with van der Waals surface area (Å²) in [7, 11) is 1.78. The van der Waals surface area contributed by atoms with Gasteiger partial charge in [0.05, 0.1) is 10.9 Å². The number of hydrogen-bond acceptors (Lipinski definition) is 2. The standard InChI is InChI=1S/C14H20N2OS/c1-4-12(13(15)18)14(17)16(3)9-11-7-5-10(2)6-8-11/h5-8,12H,4,9H2,1-3H3,(H2,15,18). The first-order valence-electron chi connectivity index (χ1n) is 6.05. The van der Waals surface area contributed by atoms with E-state index < -0.39 is 0 Å². The molecular weight excluding hydrogens is 244 g/mol. The lowest BCUT2D eigenvalue weighted by atomic mass is 10.0. The van der Waals surface area contributed by atoms with Crippen LogP contribution in [0.5, 0.6) is 0 Å². The third-order valence-corrected chi connectivity index (χ3v) is 3.25. The summed E-state index contributed by atoms with van der Waals surface area (Å²) >= 11 is 4.92. The molecule has 1 amide bonds. The summed E-state index contributed by atoms with van der Waals surface area (Å²) in [5.41, 5.74) is 7.90. The Kier molecular flexibility index (Phi) is 5.28. The van der Waals surface area contributed by atoms with Crippen LogP contribution in [0.15, 0.2) is 24.3 Å². The summed E-state index contributed by atoms with van der Waals surface area (Å²) < 4.78 is 0. The minimum Gasteiger partial charge on any atom is -0.393 e. The molecule has 0 aromatic heterocycles. The van der Waals surface area contributed by atoms with E-state index in [0.717, 1.165) is 5.56 Å². The van der Waals surface area contributed by atoms with Crippen molar-refractivity contribution in [1.82, 2.24) is 4.90 Å². The molecule has 1 aromatic rings. The maximum Gasteiger partial charge on any atom is 0.232 e. The van der Waals surface area contributed by atoms with Crippen molar-refractivity contribution in [2.24, 2.45) is 11.7 Å². The molecular formula is C14H20N2OS. The van der Waals surface area contributed by atoms with Crippen LogP contribution in [0.4, 0.5) is 0 Å². The zero-order valence-corrected chi connectivity index (χ0v) is 12.0. The van der Waals surface area contributed by atoms with Crippen molar-refractivity contribution in [2.75, 3.05) is 7.05 Å². The molecule has 0 radical (unpaired) electrons. The molecule has 18 heavy (non-hydrogen) atoms. The van der Waals surface area contributed by atoms with Crippen molar-refractivity contribution in [2.45, 2.75) is 26.8 Å². The van der Waals surface area contributed by atoms with Gasteiger partial charge >= 0.3 is 0 Å². The number of carbonyl (C=O) groups is 1. The minimum atomic E-state index is -0.351. The molecule has 3 nitrogen and oxygen atoms in total. The number of benzene rings is 1. The Morgan fingerprint density at radius 2 is 1.94 bits per heavy atom. The van der Waals surface area contributed by atoms with Crippen molar-refractivity contribution in [3.8, 4) is 0 Å². The predicted octanol–water partition coefficient (Wildman–Crippen LogP) is 2.27. The molecule has 98 valence electrons. The first-order valence-corrected chi connectivity index (χ1v) is 6.46. The molecule has 0 fully saturated rings. The van der Waals surface area contributed by atoms with Gasteiger partial charge in [-0.05, 0) is 18.9 Å². The molecule has 0 aliphatic heterocycles. The van der Waals surface area contributed by atoms with Crippen LogP contribution in [-0.2, 0) is 11.3 Å². The normalized spacial score (nSPS) is 11.9. The van der Waals surface area contributed by atoms with Crippen molar-refractivity contribution < 1.29 is 4.79 Å². The van der Waals surface area contributed by atoms with Crippen molar-refractivity contribution in [3.63, 3.8) is 0 Å². The number of aryl methyl sites for hydroxylation is 1. The van der Waals surface area contributed by atoms with E-state index in [4.69, 9.17) is 18.0 Å². The van der Waals surface area contributed by atoms with E-state index in [1.165, 1.54) is 5.56 Å². The van der Waals surface area contributed by atoms with Crippen LogP contribution in [0.1, 0.15) is 24.5 Å². The Labute approximate surface area is 114 Å². The summed E-state index contributed by atoms with van der Waals surface area (Å²) in [4.78, 5) is 14.1. The van der Waals surface area contributed by atoms with Gasteiger partial charge in [-0.25, -0.2) is 0 Å². The molecule has 1 rings (SSSR count). The van der Waals surface area contributed by atoms with E-state index in [1.54, 1.807) is 11.9 Å². The summed E-state index contributed by atoms with van der Waals surface area (Å²) in [6.45, 7) is 4.54. The van der Waals surface area contributed by atoms with Gasteiger partial charge in [-0.3, -0.25) is 4.79 Å². The predicted molar refractivity (Wildman–Crippen MR) is 78.2 cm³/mol. The van der Waals surface area contributed by atoms with Gasteiger partial charge in [0.1, 0.15) is 0 Å². The monoisotopic (exact) mass is 264 g/mol. The summed E-state index contributed by atoms with van der Waals surface area (Å²) in [6, 6.07) is 8.14. The molecule has 0 bridgehead atoms. The van der Waals surface area contributed by atoms with Gasteiger partial charge in [0, 0.05) is 13.6 Å². The summed E-state index contributed by atoms with van der Waals surface area (Å²) in [5.74, 6) is -0.360. The maximum absolute atomic E-state index is 12.1. The lowest BCUT2D eigenvalue weighted by molar-refractivity contribution is -0.132. The molecule has 0 spiro atoms. The maximum atomic E-state index is 12.1. The Bertz CT molecular complexity index is 428. The zero-order chi connectivity index (χ0) is 13.7. The molecule has 0 saturated heterocycles. The third kappa shape index (κ3) is 3.81. The first-order chi connectivity index (χ1) is 8.45. The van der Waals surface area contributed by atoms with Crippen molar-refractivity contribution in [3.05, 3.63) is 35.4 Å². The van der Waals surface area contributed by atoms with Crippen LogP contribution in [0.2, 0.25) is 0 Å². The molecule has 0 aliphatic carbocycles. The molecule has 1 unspecified atom stereocenters. The van der Waals surface area contributed by atoms with Gasteiger partial charge in [0.15, 0.2) is 0 Å². The number of nitrogens with two attached hydrogens (primary N) is 1. The number of thiocarbonyl (C=S) groups is 1. The van der Waals surface area contributed by atoms with Gasteiger partial charge < -0.3 is 10.6 Å². The number of hydrogen-bond donors (Lipinski definition) is 1. The van der Waals surface area contributed by atoms with E-state index >= 15 is 0 Å². The van der Waals surface area contributed by atoms with Gasteiger partial charge in [-0.1, -0.05) is 49.0 Å². The Hall–Kier alpha value is -1.42. The molecule has 0 saturated carbocycles. The second kappa shape index (κ2) is 6.50. The van der Waals surface area contributed by atoms with Crippen LogP contribution in [-0.4, -0.2) is 22.8 Å². The van der Waals surface area contributed by atoms with Crippen molar-refractivity contribution >= 4 is 23.1 Å². The molecule has 1 atom stereocenters. The van der Waals surface area contributed by atoms with Crippen LogP contribution < -0.4 is 5.73 Å². The minimum absolute atomic E-state index is 0.00873. The fourth-order valence-corrected chi connectivity index (χ4v) is 2.08. The topological polar surface area (TPSA) is 46.3 Å². The van der Waals surface area contributed by atoms with E-state index in [1.807, 2.05) is 38.1 Å². The number of carbonyl (C=O) groups excluding carboxylic acids is 1. The van der Waals surface area contributed by atoms with Gasteiger partial charge in [0.2, 0.25) is 5.91 Å². The average Bonchev–Trinajstić information content (AvgIpc) is 2.32. The Morgan fingerprint density at radius 1 is 1.39 bits per heavy atom. The smallest absolute Gasteiger partial charge is 0.232 e. The largest absolute Gasteiger partial charge is 0.393 e. The third-order valence-electron chi connectivity index (χ3n) is 2.97. The zero-order valence-electron chi connectivity index (χ0n) is 11.1. The highest BCUT2D eigenvalue weighted by molar-refractivity contribution is 7.80. The van der Waals surface area contributed by atoms with Gasteiger partial charge in [0.25, 0.3) is 0 Å². The number of rotatable bonds is 5. The highest BCUT2D eigenvalue weighted by atomic mass is 32.1.